The van der Waals surface area contributed by atoms with Crippen molar-refractivity contribution in [2.24, 2.45) is 0 Å². The largest absolute Gasteiger partial charge is 0.469 e. The van der Waals surface area contributed by atoms with E-state index in [9.17, 15) is 14.0 Å². The number of aryl methyl sites for hydroxylation is 1. The second-order valence-corrected chi connectivity index (χ2v) is 10.8. The SMILES string of the molecule is COC(=O)CCn1c(=Cc2scc[n+]2Cc2ccccc2)sc(=C2CCc3cc(F)ccc3N2C)c1=O. The predicted octanol–water partition coefficient (Wildman–Crippen LogP) is 3.03. The van der Waals surface area contributed by atoms with Crippen LogP contribution in [0.25, 0.3) is 11.8 Å². The van der Waals surface area contributed by atoms with E-state index in [0.717, 1.165) is 26.6 Å². The maximum Gasteiger partial charge on any atom is 0.307 e. The minimum Gasteiger partial charge on any atom is -0.469 e. The molecule has 0 atom stereocenters. The minimum absolute atomic E-state index is 0.106. The van der Waals surface area contributed by atoms with Gasteiger partial charge in [0, 0.05) is 30.5 Å². The minimum atomic E-state index is -0.362. The number of hydrogen-bond donors (Lipinski definition) is 0. The third-order valence-electron chi connectivity index (χ3n) is 6.54. The van der Waals surface area contributed by atoms with Crippen molar-refractivity contribution in [3.63, 3.8) is 0 Å². The quantitative estimate of drug-likeness (QED) is 0.281. The lowest BCUT2D eigenvalue weighted by Crippen LogP contribution is -2.37. The lowest BCUT2D eigenvalue weighted by atomic mass is 10.00. The molecular formula is C28H27FN3O3S2+. The van der Waals surface area contributed by atoms with Crippen LogP contribution in [-0.4, -0.2) is 24.7 Å². The molecule has 9 heteroatoms. The van der Waals surface area contributed by atoms with Crippen LogP contribution in [0.1, 0.15) is 29.0 Å². The molecule has 1 aliphatic rings. The molecule has 0 amide bonds. The number of rotatable bonds is 6. The third-order valence-corrected chi connectivity index (χ3v) is 8.55. The summed E-state index contributed by atoms with van der Waals surface area (Å²) in [4.78, 5) is 27.6. The van der Waals surface area contributed by atoms with Crippen molar-refractivity contribution in [1.29, 1.82) is 0 Å². The molecule has 0 saturated carbocycles. The molecule has 0 radical (unpaired) electrons. The highest BCUT2D eigenvalue weighted by Gasteiger charge is 2.22. The van der Waals surface area contributed by atoms with Gasteiger partial charge < -0.3 is 9.64 Å². The number of ether oxygens (including phenoxy) is 1. The number of methoxy groups -OCH3 is 1. The van der Waals surface area contributed by atoms with Gasteiger partial charge in [-0.3, -0.25) is 14.2 Å². The van der Waals surface area contributed by atoms with Gasteiger partial charge in [-0.2, -0.15) is 4.57 Å². The Balaban J connectivity index is 1.62. The first kappa shape index (κ1) is 25.1. The van der Waals surface area contributed by atoms with Crippen LogP contribution in [-0.2, 0) is 29.0 Å². The molecule has 0 unspecified atom stereocenters. The molecule has 4 aromatic rings. The van der Waals surface area contributed by atoms with E-state index < -0.39 is 0 Å². The van der Waals surface area contributed by atoms with Gasteiger partial charge in [-0.05, 0) is 36.6 Å². The average Bonchev–Trinajstić information content (AvgIpc) is 3.46. The molecular weight excluding hydrogens is 509 g/mol. The molecule has 0 saturated heterocycles. The second-order valence-electron chi connectivity index (χ2n) is 8.83. The summed E-state index contributed by atoms with van der Waals surface area (Å²) in [6, 6.07) is 15.0. The van der Waals surface area contributed by atoms with E-state index in [0.29, 0.717) is 23.9 Å². The Labute approximate surface area is 221 Å². The number of carbonyl (C=O) groups is 1. The van der Waals surface area contributed by atoms with E-state index in [-0.39, 0.29) is 30.3 Å². The summed E-state index contributed by atoms with van der Waals surface area (Å²) < 4.78 is 23.8. The van der Waals surface area contributed by atoms with Crippen molar-refractivity contribution in [3.05, 3.63) is 102 Å². The summed E-state index contributed by atoms with van der Waals surface area (Å²) in [5.41, 5.74) is 3.80. The number of hydrogen-bond acceptors (Lipinski definition) is 6. The van der Waals surface area contributed by atoms with Gasteiger partial charge >= 0.3 is 5.97 Å². The average molecular weight is 537 g/mol. The number of halogens is 1. The Hall–Kier alpha value is -3.56. The van der Waals surface area contributed by atoms with Crippen LogP contribution in [0, 0.1) is 5.82 Å². The zero-order valence-electron chi connectivity index (χ0n) is 20.6. The number of aromatic nitrogens is 2. The lowest BCUT2D eigenvalue weighted by molar-refractivity contribution is -0.685. The second kappa shape index (κ2) is 10.8. The fraction of sp³-hybridized carbons (Fsp3) is 0.250. The summed E-state index contributed by atoms with van der Waals surface area (Å²) >= 11 is 3.03. The van der Waals surface area contributed by atoms with Crippen molar-refractivity contribution < 1.29 is 18.5 Å². The monoisotopic (exact) mass is 536 g/mol. The van der Waals surface area contributed by atoms with Gasteiger partial charge in [-0.1, -0.05) is 41.7 Å². The van der Waals surface area contributed by atoms with E-state index in [4.69, 9.17) is 4.74 Å². The number of anilines is 1. The lowest BCUT2D eigenvalue weighted by Gasteiger charge is -2.29. The Morgan fingerprint density at radius 2 is 2.00 bits per heavy atom. The van der Waals surface area contributed by atoms with Crippen LogP contribution in [0.15, 0.2) is 64.9 Å². The van der Waals surface area contributed by atoms with Crippen molar-refractivity contribution in [3.8, 4) is 0 Å². The fourth-order valence-corrected chi connectivity index (χ4v) is 6.67. The Morgan fingerprint density at radius 3 is 2.78 bits per heavy atom. The van der Waals surface area contributed by atoms with E-state index >= 15 is 0 Å². The normalized spacial score (nSPS) is 15.1. The van der Waals surface area contributed by atoms with Gasteiger partial charge in [0.15, 0.2) is 12.7 Å². The van der Waals surface area contributed by atoms with Gasteiger partial charge in [0.25, 0.3) is 10.6 Å². The van der Waals surface area contributed by atoms with Crippen molar-refractivity contribution >= 4 is 46.1 Å². The zero-order chi connectivity index (χ0) is 25.9. The maximum absolute atomic E-state index is 13.8. The van der Waals surface area contributed by atoms with E-state index in [1.165, 1.54) is 30.1 Å². The standard InChI is InChI=1S/C28H27FN3O3S2/c1-30-22-11-9-21(29)16-20(22)8-10-23(30)27-28(34)32(13-12-26(33)35-2)25(37-27)17-24-31(14-15-36-24)18-19-6-4-3-5-7-19/h3-7,9,11,14-17H,8,10,12-13,18H2,1-2H3/q+1. The molecule has 6 nitrogen and oxygen atoms in total. The van der Waals surface area contributed by atoms with Crippen LogP contribution in [0.4, 0.5) is 10.1 Å². The highest BCUT2D eigenvalue weighted by Crippen LogP contribution is 2.32. The van der Waals surface area contributed by atoms with Crippen LogP contribution < -0.4 is 24.2 Å². The van der Waals surface area contributed by atoms with E-state index in [1.807, 2.05) is 47.8 Å². The van der Waals surface area contributed by atoms with Crippen molar-refractivity contribution in [2.75, 3.05) is 19.1 Å². The van der Waals surface area contributed by atoms with Crippen molar-refractivity contribution in [2.45, 2.75) is 32.4 Å². The molecule has 37 heavy (non-hydrogen) atoms. The smallest absolute Gasteiger partial charge is 0.307 e. The molecule has 0 aliphatic carbocycles. The molecule has 0 bridgehead atoms. The Bertz CT molecular complexity index is 1620. The van der Waals surface area contributed by atoms with Gasteiger partial charge in [-0.25, -0.2) is 4.39 Å². The number of thiazole rings is 2. The Kier molecular flexibility index (Phi) is 7.34. The van der Waals surface area contributed by atoms with Crippen molar-refractivity contribution in [1.82, 2.24) is 4.57 Å². The summed E-state index contributed by atoms with van der Waals surface area (Å²) in [6.45, 7) is 0.949. The summed E-state index contributed by atoms with van der Waals surface area (Å²) in [5, 5.41) is 3.03. The third kappa shape index (κ3) is 5.28. The van der Waals surface area contributed by atoms with Crippen LogP contribution in [0.3, 0.4) is 0 Å². The number of carbonyl (C=O) groups excluding carboxylic acids is 1. The first-order valence-corrected chi connectivity index (χ1v) is 13.7. The van der Waals surface area contributed by atoms with Gasteiger partial charge in [0.2, 0.25) is 0 Å². The number of esters is 1. The number of nitrogens with zero attached hydrogens (tertiary/aromatic N) is 3. The maximum atomic E-state index is 13.8. The molecule has 190 valence electrons. The predicted molar refractivity (Wildman–Crippen MR) is 145 cm³/mol. The number of benzene rings is 2. The highest BCUT2D eigenvalue weighted by molar-refractivity contribution is 7.10. The Morgan fingerprint density at radius 1 is 1.19 bits per heavy atom. The fourth-order valence-electron chi connectivity index (χ4n) is 4.59. The van der Waals surface area contributed by atoms with E-state index in [1.54, 1.807) is 28.0 Å². The molecule has 0 N–H and O–H groups in total. The topological polar surface area (TPSA) is 55.4 Å². The molecule has 0 spiro atoms. The van der Waals surface area contributed by atoms with Gasteiger partial charge in [-0.15, -0.1) is 11.3 Å². The molecule has 2 aromatic heterocycles. The van der Waals surface area contributed by atoms with Crippen LogP contribution in [0.5, 0.6) is 0 Å². The van der Waals surface area contributed by atoms with E-state index in [2.05, 4.69) is 16.7 Å². The van der Waals surface area contributed by atoms with Gasteiger partial charge in [0.05, 0.1) is 25.0 Å². The van der Waals surface area contributed by atoms with Gasteiger partial charge in [0.1, 0.15) is 15.0 Å². The number of fused-ring (bicyclic) bond motifs is 1. The molecule has 2 aromatic carbocycles. The first-order chi connectivity index (χ1) is 17.9. The summed E-state index contributed by atoms with van der Waals surface area (Å²) in [5.74, 6) is -0.618. The van der Waals surface area contributed by atoms with Crippen LogP contribution in [0.2, 0.25) is 0 Å². The first-order valence-electron chi connectivity index (χ1n) is 12.0. The summed E-state index contributed by atoms with van der Waals surface area (Å²) in [7, 11) is 3.27. The molecule has 5 rings (SSSR count). The molecule has 1 aliphatic heterocycles. The highest BCUT2D eigenvalue weighted by atomic mass is 32.1. The summed E-state index contributed by atoms with van der Waals surface area (Å²) in [6.07, 6.45) is 5.45. The van der Waals surface area contributed by atoms with Crippen LogP contribution >= 0.6 is 22.7 Å². The molecule has 3 heterocycles. The molecule has 0 fully saturated rings. The zero-order valence-corrected chi connectivity index (χ0v) is 22.3.